The van der Waals surface area contributed by atoms with Crippen LogP contribution in [0.3, 0.4) is 0 Å². The molecule has 0 radical (unpaired) electrons. The van der Waals surface area contributed by atoms with Crippen molar-refractivity contribution < 1.29 is 18.7 Å². The molecule has 1 aromatic rings. The van der Waals surface area contributed by atoms with E-state index in [9.17, 15) is 14.0 Å². The van der Waals surface area contributed by atoms with E-state index in [-0.39, 0.29) is 18.0 Å². The van der Waals surface area contributed by atoms with Gasteiger partial charge in [-0.2, -0.15) is 0 Å². The molecule has 2 amide bonds. The summed E-state index contributed by atoms with van der Waals surface area (Å²) in [4.78, 5) is 23.1. The summed E-state index contributed by atoms with van der Waals surface area (Å²) in [6.45, 7) is 3.43. The zero-order valence-electron chi connectivity index (χ0n) is 11.4. The summed E-state index contributed by atoms with van der Waals surface area (Å²) in [6, 6.07) is 5.62. The third-order valence-corrected chi connectivity index (χ3v) is 2.52. The Hall–Kier alpha value is -1.95. The van der Waals surface area contributed by atoms with Crippen LogP contribution in [-0.2, 0) is 9.53 Å². The zero-order chi connectivity index (χ0) is 14.8. The third kappa shape index (κ3) is 5.79. The van der Waals surface area contributed by atoms with E-state index in [2.05, 4.69) is 10.6 Å². The van der Waals surface area contributed by atoms with Crippen molar-refractivity contribution in [2.45, 2.75) is 13.3 Å². The molecule has 0 aliphatic rings. The Kier molecular flexibility index (Phi) is 7.27. The zero-order valence-corrected chi connectivity index (χ0v) is 11.4. The molecule has 0 aliphatic carbocycles. The number of nitrogens with one attached hydrogen (secondary N) is 2. The summed E-state index contributed by atoms with van der Waals surface area (Å²) in [6.07, 6.45) is 0.709. The monoisotopic (exact) mass is 282 g/mol. The lowest BCUT2D eigenvalue weighted by molar-refractivity contribution is -0.120. The average Bonchev–Trinajstić information content (AvgIpc) is 2.45. The number of rotatable bonds is 8. The van der Waals surface area contributed by atoms with Crippen molar-refractivity contribution in [2.24, 2.45) is 0 Å². The van der Waals surface area contributed by atoms with Crippen molar-refractivity contribution in [3.05, 3.63) is 35.6 Å². The number of carbonyl (C=O) groups excluding carboxylic acids is 2. The number of hydrogen-bond donors (Lipinski definition) is 2. The Morgan fingerprint density at radius 2 is 2.00 bits per heavy atom. The first kappa shape index (κ1) is 16.1. The van der Waals surface area contributed by atoms with Crippen LogP contribution in [0.1, 0.15) is 23.7 Å². The second kappa shape index (κ2) is 9.03. The summed E-state index contributed by atoms with van der Waals surface area (Å²) in [5.41, 5.74) is -0.0726. The molecule has 0 atom stereocenters. The first-order valence-electron chi connectivity index (χ1n) is 6.52. The minimum atomic E-state index is -0.609. The van der Waals surface area contributed by atoms with Gasteiger partial charge in [0.1, 0.15) is 5.82 Å². The van der Waals surface area contributed by atoms with E-state index in [0.29, 0.717) is 26.2 Å². The van der Waals surface area contributed by atoms with Crippen LogP contribution >= 0.6 is 0 Å². The van der Waals surface area contributed by atoms with Crippen LogP contribution in [-0.4, -0.2) is 38.1 Å². The summed E-state index contributed by atoms with van der Waals surface area (Å²) in [7, 11) is 0. The second-order valence-electron chi connectivity index (χ2n) is 4.06. The Morgan fingerprint density at radius 1 is 1.25 bits per heavy atom. The molecule has 0 fully saturated rings. The second-order valence-corrected chi connectivity index (χ2v) is 4.06. The van der Waals surface area contributed by atoms with Gasteiger partial charge in [-0.15, -0.1) is 0 Å². The number of amides is 2. The van der Waals surface area contributed by atoms with Gasteiger partial charge in [-0.3, -0.25) is 9.59 Å². The highest BCUT2D eigenvalue weighted by Crippen LogP contribution is 2.05. The van der Waals surface area contributed by atoms with Crippen LogP contribution in [0.4, 0.5) is 4.39 Å². The van der Waals surface area contributed by atoms with Gasteiger partial charge in [-0.05, 0) is 25.5 Å². The summed E-state index contributed by atoms with van der Waals surface area (Å²) < 4.78 is 18.4. The third-order valence-electron chi connectivity index (χ3n) is 2.52. The van der Waals surface area contributed by atoms with E-state index in [1.807, 2.05) is 6.92 Å². The molecule has 1 aromatic carbocycles. The molecule has 0 bridgehead atoms. The number of ether oxygens (including phenoxy) is 1. The van der Waals surface area contributed by atoms with E-state index in [0.717, 1.165) is 0 Å². The molecule has 0 saturated heterocycles. The van der Waals surface area contributed by atoms with E-state index < -0.39 is 11.7 Å². The van der Waals surface area contributed by atoms with Crippen molar-refractivity contribution in [2.75, 3.05) is 26.3 Å². The molecule has 0 saturated carbocycles. The summed E-state index contributed by atoms with van der Waals surface area (Å²) in [5.74, 6) is -1.53. The fourth-order valence-corrected chi connectivity index (χ4v) is 1.51. The molecule has 0 spiro atoms. The number of hydrogen-bond acceptors (Lipinski definition) is 3. The maximum atomic E-state index is 13.3. The molecule has 0 heterocycles. The SMILES string of the molecule is CCOCCCNC(=O)CNC(=O)c1ccccc1F. The minimum Gasteiger partial charge on any atom is -0.382 e. The highest BCUT2D eigenvalue weighted by Gasteiger charge is 2.11. The number of halogens is 1. The Labute approximate surface area is 117 Å². The van der Waals surface area contributed by atoms with E-state index in [1.165, 1.54) is 18.2 Å². The molecular weight excluding hydrogens is 263 g/mol. The highest BCUT2D eigenvalue weighted by atomic mass is 19.1. The topological polar surface area (TPSA) is 67.4 Å². The van der Waals surface area contributed by atoms with Gasteiger partial charge in [0.15, 0.2) is 0 Å². The van der Waals surface area contributed by atoms with E-state index >= 15 is 0 Å². The Bertz CT molecular complexity index is 452. The van der Waals surface area contributed by atoms with Crippen molar-refractivity contribution in [1.82, 2.24) is 10.6 Å². The highest BCUT2D eigenvalue weighted by molar-refractivity contribution is 5.96. The number of benzene rings is 1. The molecule has 20 heavy (non-hydrogen) atoms. The predicted molar refractivity (Wildman–Crippen MR) is 72.9 cm³/mol. The van der Waals surface area contributed by atoms with Crippen molar-refractivity contribution >= 4 is 11.8 Å². The average molecular weight is 282 g/mol. The molecule has 0 aromatic heterocycles. The molecule has 5 nitrogen and oxygen atoms in total. The predicted octanol–water partition coefficient (Wildman–Crippen LogP) is 1.10. The van der Waals surface area contributed by atoms with Crippen LogP contribution < -0.4 is 10.6 Å². The lowest BCUT2D eigenvalue weighted by Gasteiger charge is -2.07. The molecule has 6 heteroatoms. The largest absolute Gasteiger partial charge is 0.382 e. The molecule has 2 N–H and O–H groups in total. The Balaban J connectivity index is 2.24. The van der Waals surface area contributed by atoms with Gasteiger partial charge in [0.25, 0.3) is 5.91 Å². The van der Waals surface area contributed by atoms with Gasteiger partial charge in [-0.1, -0.05) is 12.1 Å². The van der Waals surface area contributed by atoms with Gasteiger partial charge in [0.2, 0.25) is 5.91 Å². The first-order chi connectivity index (χ1) is 9.65. The van der Waals surface area contributed by atoms with Crippen LogP contribution in [0.25, 0.3) is 0 Å². The standard InChI is InChI=1S/C14H19FN2O3/c1-2-20-9-5-8-16-13(18)10-17-14(19)11-6-3-4-7-12(11)15/h3-4,6-7H,2,5,8-10H2,1H3,(H,16,18)(H,17,19). The summed E-state index contributed by atoms with van der Waals surface area (Å²) >= 11 is 0. The van der Waals surface area contributed by atoms with Gasteiger partial charge < -0.3 is 15.4 Å². The van der Waals surface area contributed by atoms with E-state index in [4.69, 9.17) is 4.74 Å². The van der Waals surface area contributed by atoms with Gasteiger partial charge >= 0.3 is 0 Å². The van der Waals surface area contributed by atoms with E-state index in [1.54, 1.807) is 6.07 Å². The quantitative estimate of drug-likeness (QED) is 0.702. The smallest absolute Gasteiger partial charge is 0.254 e. The van der Waals surface area contributed by atoms with Crippen LogP contribution in [0.5, 0.6) is 0 Å². The molecule has 0 aliphatic heterocycles. The first-order valence-corrected chi connectivity index (χ1v) is 6.52. The lowest BCUT2D eigenvalue weighted by Crippen LogP contribution is -2.37. The fraction of sp³-hybridized carbons (Fsp3) is 0.429. The molecule has 1 rings (SSSR count). The molecule has 110 valence electrons. The van der Waals surface area contributed by atoms with Crippen LogP contribution in [0, 0.1) is 5.82 Å². The normalized spacial score (nSPS) is 10.1. The Morgan fingerprint density at radius 3 is 2.70 bits per heavy atom. The van der Waals surface area contributed by atoms with Gasteiger partial charge in [0, 0.05) is 19.8 Å². The van der Waals surface area contributed by atoms with Crippen LogP contribution in [0.2, 0.25) is 0 Å². The van der Waals surface area contributed by atoms with Gasteiger partial charge in [0.05, 0.1) is 12.1 Å². The van der Waals surface area contributed by atoms with Crippen molar-refractivity contribution in [1.29, 1.82) is 0 Å². The maximum Gasteiger partial charge on any atom is 0.254 e. The van der Waals surface area contributed by atoms with Gasteiger partial charge in [-0.25, -0.2) is 4.39 Å². The molecular formula is C14H19FN2O3. The molecule has 0 unspecified atom stereocenters. The lowest BCUT2D eigenvalue weighted by atomic mass is 10.2. The van der Waals surface area contributed by atoms with Crippen molar-refractivity contribution in [3.63, 3.8) is 0 Å². The number of carbonyl (C=O) groups is 2. The maximum absolute atomic E-state index is 13.3. The minimum absolute atomic E-state index is 0.0726. The van der Waals surface area contributed by atoms with Crippen LogP contribution in [0.15, 0.2) is 24.3 Å². The summed E-state index contributed by atoms with van der Waals surface area (Å²) in [5, 5.41) is 5.00. The van der Waals surface area contributed by atoms with Crippen molar-refractivity contribution in [3.8, 4) is 0 Å². The fourth-order valence-electron chi connectivity index (χ4n) is 1.51.